The van der Waals surface area contributed by atoms with E-state index in [0.717, 1.165) is 51.9 Å². The molecule has 0 aliphatic heterocycles. The average molecular weight is 217 g/mol. The molecule has 0 saturated carbocycles. The highest BCUT2D eigenvalue weighted by atomic mass is 16.5. The van der Waals surface area contributed by atoms with Gasteiger partial charge in [0.15, 0.2) is 0 Å². The third-order valence-electron chi connectivity index (χ3n) is 2.37. The van der Waals surface area contributed by atoms with Crippen LogP contribution in [0.1, 0.15) is 27.2 Å². The minimum absolute atomic E-state index is 0.718. The standard InChI is InChI=1S/C12H27NO2/c1-5-13(4)7-9-15-11-10-14-8-6-12(2)3/h12H,5-11H2,1-4H3. The molecule has 3 nitrogen and oxygen atoms in total. The van der Waals surface area contributed by atoms with E-state index >= 15 is 0 Å². The number of ether oxygens (including phenoxy) is 2. The van der Waals surface area contributed by atoms with E-state index in [4.69, 9.17) is 9.47 Å². The zero-order chi connectivity index (χ0) is 11.5. The third-order valence-corrected chi connectivity index (χ3v) is 2.37. The maximum Gasteiger partial charge on any atom is 0.0701 e. The van der Waals surface area contributed by atoms with Gasteiger partial charge in [0.05, 0.1) is 19.8 Å². The predicted molar refractivity (Wildman–Crippen MR) is 64.3 cm³/mol. The van der Waals surface area contributed by atoms with Crippen molar-refractivity contribution in [3.8, 4) is 0 Å². The fourth-order valence-electron chi connectivity index (χ4n) is 1.02. The normalized spacial score (nSPS) is 11.6. The van der Waals surface area contributed by atoms with Crippen LogP contribution in [0.15, 0.2) is 0 Å². The highest BCUT2D eigenvalue weighted by Crippen LogP contribution is 1.98. The lowest BCUT2D eigenvalue weighted by atomic mass is 10.1. The molecule has 0 unspecified atom stereocenters. The first kappa shape index (κ1) is 14.9. The van der Waals surface area contributed by atoms with Crippen molar-refractivity contribution in [3.63, 3.8) is 0 Å². The smallest absolute Gasteiger partial charge is 0.0701 e. The SMILES string of the molecule is CCN(C)CCOCCOCCC(C)C. The summed E-state index contributed by atoms with van der Waals surface area (Å²) in [6.07, 6.45) is 1.14. The summed E-state index contributed by atoms with van der Waals surface area (Å²) in [5, 5.41) is 0. The van der Waals surface area contributed by atoms with Crippen LogP contribution in [0.3, 0.4) is 0 Å². The predicted octanol–water partition coefficient (Wildman–Crippen LogP) is 2.02. The Bertz CT molecular complexity index is 129. The van der Waals surface area contributed by atoms with Crippen LogP contribution in [0.5, 0.6) is 0 Å². The van der Waals surface area contributed by atoms with Crippen molar-refractivity contribution in [2.45, 2.75) is 27.2 Å². The number of hydrogen-bond acceptors (Lipinski definition) is 3. The number of rotatable bonds is 10. The Morgan fingerprint density at radius 1 is 1.00 bits per heavy atom. The summed E-state index contributed by atoms with van der Waals surface area (Å²) in [6.45, 7) is 11.7. The quantitative estimate of drug-likeness (QED) is 0.523. The van der Waals surface area contributed by atoms with Crippen LogP contribution in [0.25, 0.3) is 0 Å². The summed E-state index contributed by atoms with van der Waals surface area (Å²) in [5.41, 5.74) is 0. The molecule has 0 rings (SSSR count). The van der Waals surface area contributed by atoms with Crippen molar-refractivity contribution in [1.82, 2.24) is 4.90 Å². The van der Waals surface area contributed by atoms with Gasteiger partial charge in [-0.1, -0.05) is 20.8 Å². The number of likely N-dealkylation sites (N-methyl/N-ethyl adjacent to an activating group) is 1. The molecule has 0 N–H and O–H groups in total. The fraction of sp³-hybridized carbons (Fsp3) is 1.00. The number of hydrogen-bond donors (Lipinski definition) is 0. The molecule has 0 heterocycles. The van der Waals surface area contributed by atoms with Gasteiger partial charge in [-0.15, -0.1) is 0 Å². The lowest BCUT2D eigenvalue weighted by Crippen LogP contribution is -2.23. The molecule has 0 bridgehead atoms. The molecule has 15 heavy (non-hydrogen) atoms. The molecular formula is C12H27NO2. The summed E-state index contributed by atoms with van der Waals surface area (Å²) in [5.74, 6) is 0.726. The van der Waals surface area contributed by atoms with Gasteiger partial charge in [-0.3, -0.25) is 0 Å². The average Bonchev–Trinajstić information content (AvgIpc) is 2.21. The molecule has 0 aliphatic rings. The maximum absolute atomic E-state index is 5.45. The van der Waals surface area contributed by atoms with Crippen LogP contribution < -0.4 is 0 Å². The van der Waals surface area contributed by atoms with Crippen LogP contribution in [-0.4, -0.2) is 51.5 Å². The molecule has 0 aliphatic carbocycles. The Labute approximate surface area is 94.7 Å². The second-order valence-corrected chi connectivity index (χ2v) is 4.30. The molecule has 0 aromatic heterocycles. The summed E-state index contributed by atoms with van der Waals surface area (Å²) in [6, 6.07) is 0. The van der Waals surface area contributed by atoms with Crippen molar-refractivity contribution in [2.24, 2.45) is 5.92 Å². The van der Waals surface area contributed by atoms with Crippen LogP contribution >= 0.6 is 0 Å². The lowest BCUT2D eigenvalue weighted by Gasteiger charge is -2.13. The van der Waals surface area contributed by atoms with Crippen LogP contribution in [0.2, 0.25) is 0 Å². The topological polar surface area (TPSA) is 21.7 Å². The molecule has 0 amide bonds. The Morgan fingerprint density at radius 3 is 2.13 bits per heavy atom. The Morgan fingerprint density at radius 2 is 1.60 bits per heavy atom. The Kier molecular flexibility index (Phi) is 10.3. The van der Waals surface area contributed by atoms with Gasteiger partial charge in [0.2, 0.25) is 0 Å². The molecule has 3 heteroatoms. The third kappa shape index (κ3) is 11.8. The molecule has 0 saturated heterocycles. The van der Waals surface area contributed by atoms with Gasteiger partial charge in [0, 0.05) is 13.2 Å². The van der Waals surface area contributed by atoms with Gasteiger partial charge < -0.3 is 14.4 Å². The van der Waals surface area contributed by atoms with Gasteiger partial charge in [0.25, 0.3) is 0 Å². The Balaban J connectivity index is 2.99. The van der Waals surface area contributed by atoms with Crippen molar-refractivity contribution in [2.75, 3.05) is 46.6 Å². The van der Waals surface area contributed by atoms with Gasteiger partial charge in [-0.05, 0) is 25.9 Å². The molecular weight excluding hydrogens is 190 g/mol. The summed E-state index contributed by atoms with van der Waals surface area (Å²) >= 11 is 0. The summed E-state index contributed by atoms with van der Waals surface area (Å²) in [7, 11) is 2.10. The molecule has 92 valence electrons. The zero-order valence-corrected chi connectivity index (χ0v) is 10.8. The fourth-order valence-corrected chi connectivity index (χ4v) is 1.02. The van der Waals surface area contributed by atoms with E-state index in [1.54, 1.807) is 0 Å². The van der Waals surface area contributed by atoms with Gasteiger partial charge in [-0.2, -0.15) is 0 Å². The van der Waals surface area contributed by atoms with Gasteiger partial charge in [-0.25, -0.2) is 0 Å². The molecule has 0 fully saturated rings. The second-order valence-electron chi connectivity index (χ2n) is 4.30. The summed E-state index contributed by atoms with van der Waals surface area (Å²) < 4.78 is 10.9. The molecule has 0 atom stereocenters. The number of nitrogens with zero attached hydrogens (tertiary/aromatic N) is 1. The van der Waals surface area contributed by atoms with E-state index in [1.807, 2.05) is 0 Å². The van der Waals surface area contributed by atoms with Crippen LogP contribution in [0, 0.1) is 5.92 Å². The lowest BCUT2D eigenvalue weighted by molar-refractivity contribution is 0.0380. The zero-order valence-electron chi connectivity index (χ0n) is 10.8. The molecule has 0 spiro atoms. The first-order valence-electron chi connectivity index (χ1n) is 6.00. The molecule has 0 radical (unpaired) electrons. The minimum atomic E-state index is 0.718. The van der Waals surface area contributed by atoms with Crippen molar-refractivity contribution in [3.05, 3.63) is 0 Å². The maximum atomic E-state index is 5.45. The van der Waals surface area contributed by atoms with E-state index in [2.05, 4.69) is 32.7 Å². The first-order chi connectivity index (χ1) is 7.16. The molecule has 0 aromatic rings. The van der Waals surface area contributed by atoms with Crippen LogP contribution in [-0.2, 0) is 9.47 Å². The highest BCUT2D eigenvalue weighted by molar-refractivity contribution is 4.45. The largest absolute Gasteiger partial charge is 0.379 e. The minimum Gasteiger partial charge on any atom is -0.379 e. The van der Waals surface area contributed by atoms with Gasteiger partial charge in [0.1, 0.15) is 0 Å². The summed E-state index contributed by atoms with van der Waals surface area (Å²) in [4.78, 5) is 2.24. The van der Waals surface area contributed by atoms with Crippen LogP contribution in [0.4, 0.5) is 0 Å². The van der Waals surface area contributed by atoms with Crippen molar-refractivity contribution < 1.29 is 9.47 Å². The first-order valence-corrected chi connectivity index (χ1v) is 6.00. The van der Waals surface area contributed by atoms with Crippen molar-refractivity contribution >= 4 is 0 Å². The van der Waals surface area contributed by atoms with E-state index in [9.17, 15) is 0 Å². The van der Waals surface area contributed by atoms with E-state index < -0.39 is 0 Å². The second kappa shape index (κ2) is 10.4. The van der Waals surface area contributed by atoms with E-state index in [0.29, 0.717) is 0 Å². The highest BCUT2D eigenvalue weighted by Gasteiger charge is 1.95. The van der Waals surface area contributed by atoms with Gasteiger partial charge >= 0.3 is 0 Å². The van der Waals surface area contributed by atoms with E-state index in [-0.39, 0.29) is 0 Å². The van der Waals surface area contributed by atoms with E-state index in [1.165, 1.54) is 0 Å². The molecule has 0 aromatic carbocycles. The Hall–Kier alpha value is -0.120. The monoisotopic (exact) mass is 217 g/mol. The van der Waals surface area contributed by atoms with Crippen molar-refractivity contribution in [1.29, 1.82) is 0 Å².